The zero-order valence-corrected chi connectivity index (χ0v) is 16.7. The van der Waals surface area contributed by atoms with Crippen LogP contribution in [-0.4, -0.2) is 73.3 Å². The monoisotopic (exact) mass is 399 g/mol. The van der Waals surface area contributed by atoms with Gasteiger partial charge in [0.15, 0.2) is 0 Å². The van der Waals surface area contributed by atoms with E-state index in [0.717, 1.165) is 19.7 Å². The van der Waals surface area contributed by atoms with E-state index >= 15 is 0 Å². The van der Waals surface area contributed by atoms with Gasteiger partial charge in [0.05, 0.1) is 13.2 Å². The molecule has 2 aliphatic heterocycles. The molecule has 1 amide bonds. The van der Waals surface area contributed by atoms with Crippen molar-refractivity contribution in [3.05, 3.63) is 0 Å². The molecule has 0 aromatic heterocycles. The third-order valence-corrected chi connectivity index (χ3v) is 6.20. The molecule has 3 rings (SSSR count). The number of carbonyl (C=O) groups excluding carboxylic acids is 1. The molecule has 1 aliphatic carbocycles. The molecule has 5 nitrogen and oxygen atoms in total. The third kappa shape index (κ3) is 5.92. The summed E-state index contributed by atoms with van der Waals surface area (Å²) in [6.07, 6.45) is 5.62. The molecule has 0 spiro atoms. The van der Waals surface area contributed by atoms with Crippen molar-refractivity contribution in [2.45, 2.75) is 43.7 Å². The van der Waals surface area contributed by atoms with E-state index in [1.165, 1.54) is 50.3 Å². The Morgan fingerprint density at radius 1 is 1.25 bits per heavy atom. The Morgan fingerprint density at radius 3 is 2.58 bits per heavy atom. The predicted octanol–water partition coefficient (Wildman–Crippen LogP) is 1.69. The normalized spacial score (nSPS) is 26.9. The van der Waals surface area contributed by atoms with Crippen LogP contribution in [0.15, 0.2) is 0 Å². The quantitative estimate of drug-likeness (QED) is 0.736. The van der Waals surface area contributed by atoms with Crippen LogP contribution in [0.25, 0.3) is 0 Å². The first-order valence-electron chi connectivity index (χ1n) is 8.69. The molecule has 2 saturated heterocycles. The molecule has 1 atom stereocenters. The molecule has 0 radical (unpaired) electrons. The summed E-state index contributed by atoms with van der Waals surface area (Å²) in [6, 6.07) is 0.180. The van der Waals surface area contributed by atoms with Crippen LogP contribution in [0, 0.1) is 0 Å². The lowest BCUT2D eigenvalue weighted by atomic mass is 9.94. The maximum absolute atomic E-state index is 12.3. The Kier molecular flexibility index (Phi) is 10.3. The minimum atomic E-state index is 0. The van der Waals surface area contributed by atoms with E-state index < -0.39 is 0 Å². The first-order chi connectivity index (χ1) is 10.8. The summed E-state index contributed by atoms with van der Waals surface area (Å²) in [7, 11) is 0. The van der Waals surface area contributed by atoms with Crippen molar-refractivity contribution in [2.75, 3.05) is 50.9 Å². The Bertz CT molecular complexity index is 372. The predicted molar refractivity (Wildman–Crippen MR) is 105 cm³/mol. The zero-order valence-electron chi connectivity index (χ0n) is 14.3. The minimum absolute atomic E-state index is 0. The number of rotatable bonds is 5. The third-order valence-electron chi connectivity index (χ3n) is 5.26. The van der Waals surface area contributed by atoms with Gasteiger partial charge in [-0.2, -0.15) is 11.8 Å². The van der Waals surface area contributed by atoms with Gasteiger partial charge in [0.25, 0.3) is 0 Å². The summed E-state index contributed by atoms with van der Waals surface area (Å²) in [5.41, 5.74) is 0.229. The number of nitrogens with one attached hydrogen (secondary N) is 2. The SMILES string of the molecule is Cl.Cl.O=C(CC1COCCN1)NCC1(N2CCSCC2)CCCC1. The molecule has 142 valence electrons. The molecule has 3 aliphatic rings. The highest BCUT2D eigenvalue weighted by atomic mass is 35.5. The van der Waals surface area contributed by atoms with E-state index in [9.17, 15) is 4.79 Å². The maximum Gasteiger partial charge on any atom is 0.221 e. The van der Waals surface area contributed by atoms with Gasteiger partial charge in [-0.1, -0.05) is 12.8 Å². The Morgan fingerprint density at radius 2 is 1.96 bits per heavy atom. The molecule has 2 N–H and O–H groups in total. The van der Waals surface area contributed by atoms with Crippen LogP contribution in [-0.2, 0) is 9.53 Å². The number of nitrogens with zero attached hydrogens (tertiary/aromatic N) is 1. The average Bonchev–Trinajstić information content (AvgIpc) is 3.05. The van der Waals surface area contributed by atoms with Crippen molar-refractivity contribution >= 4 is 42.5 Å². The molecule has 1 unspecified atom stereocenters. The Balaban J connectivity index is 0.00000144. The smallest absolute Gasteiger partial charge is 0.221 e. The number of amides is 1. The van der Waals surface area contributed by atoms with Crippen LogP contribution in [0.2, 0.25) is 0 Å². The number of thioether (sulfide) groups is 1. The van der Waals surface area contributed by atoms with Crippen LogP contribution >= 0.6 is 36.6 Å². The molecular formula is C16H31Cl2N3O2S. The van der Waals surface area contributed by atoms with Crippen molar-refractivity contribution in [1.82, 2.24) is 15.5 Å². The summed E-state index contributed by atoms with van der Waals surface area (Å²) >= 11 is 2.05. The molecule has 24 heavy (non-hydrogen) atoms. The van der Waals surface area contributed by atoms with Crippen molar-refractivity contribution in [1.29, 1.82) is 0 Å². The van der Waals surface area contributed by atoms with Gasteiger partial charge < -0.3 is 15.4 Å². The number of ether oxygens (including phenoxy) is 1. The lowest BCUT2D eigenvalue weighted by molar-refractivity contribution is -0.123. The highest BCUT2D eigenvalue weighted by molar-refractivity contribution is 7.99. The van der Waals surface area contributed by atoms with Crippen LogP contribution in [0.5, 0.6) is 0 Å². The van der Waals surface area contributed by atoms with Crippen molar-refractivity contribution in [3.63, 3.8) is 0 Å². The molecule has 2 heterocycles. The molecular weight excluding hydrogens is 369 g/mol. The largest absolute Gasteiger partial charge is 0.378 e. The highest BCUT2D eigenvalue weighted by Gasteiger charge is 2.40. The lowest BCUT2D eigenvalue weighted by Gasteiger charge is -2.43. The number of carbonyl (C=O) groups is 1. The van der Waals surface area contributed by atoms with Gasteiger partial charge in [0.1, 0.15) is 0 Å². The van der Waals surface area contributed by atoms with Crippen LogP contribution < -0.4 is 10.6 Å². The molecule has 1 saturated carbocycles. The highest BCUT2D eigenvalue weighted by Crippen LogP contribution is 2.36. The van der Waals surface area contributed by atoms with E-state index in [1.54, 1.807) is 0 Å². The number of hydrogen-bond acceptors (Lipinski definition) is 5. The lowest BCUT2D eigenvalue weighted by Crippen LogP contribution is -2.57. The topological polar surface area (TPSA) is 53.6 Å². The summed E-state index contributed by atoms with van der Waals surface area (Å²) in [5.74, 6) is 2.64. The van der Waals surface area contributed by atoms with Gasteiger partial charge in [0, 0.05) is 55.7 Å². The summed E-state index contributed by atoms with van der Waals surface area (Å²) in [4.78, 5) is 14.9. The summed E-state index contributed by atoms with van der Waals surface area (Å²) < 4.78 is 5.42. The van der Waals surface area contributed by atoms with Gasteiger partial charge >= 0.3 is 0 Å². The number of hydrogen-bond donors (Lipinski definition) is 2. The Hall–Kier alpha value is 0.280. The van der Waals surface area contributed by atoms with E-state index in [4.69, 9.17) is 4.74 Å². The van der Waals surface area contributed by atoms with E-state index in [0.29, 0.717) is 13.0 Å². The van der Waals surface area contributed by atoms with Crippen molar-refractivity contribution in [3.8, 4) is 0 Å². The second kappa shape index (κ2) is 11.1. The van der Waals surface area contributed by atoms with E-state index in [1.807, 2.05) is 0 Å². The standard InChI is InChI=1S/C16H29N3O2S.2ClH/c20-15(11-14-12-21-8-5-17-14)18-13-16(3-1-2-4-16)19-6-9-22-10-7-19;;/h14,17H,1-13H2,(H,18,20);2*1H. The average molecular weight is 400 g/mol. The second-order valence-corrected chi connectivity index (χ2v) is 7.96. The first kappa shape index (κ1) is 22.3. The molecule has 0 aromatic rings. The maximum atomic E-state index is 12.3. The fourth-order valence-corrected chi connectivity index (χ4v) is 4.89. The molecule has 8 heteroatoms. The molecule has 0 bridgehead atoms. The van der Waals surface area contributed by atoms with Gasteiger partial charge in [-0.25, -0.2) is 0 Å². The van der Waals surface area contributed by atoms with Crippen LogP contribution in [0.1, 0.15) is 32.1 Å². The van der Waals surface area contributed by atoms with Gasteiger partial charge in [-0.3, -0.25) is 9.69 Å². The molecule has 0 aromatic carbocycles. The van der Waals surface area contributed by atoms with E-state index in [-0.39, 0.29) is 42.3 Å². The Labute approximate surface area is 162 Å². The van der Waals surface area contributed by atoms with E-state index in [2.05, 4.69) is 27.3 Å². The number of morpholine rings is 1. The second-order valence-electron chi connectivity index (χ2n) is 6.74. The minimum Gasteiger partial charge on any atom is -0.378 e. The van der Waals surface area contributed by atoms with Gasteiger partial charge in [-0.15, -0.1) is 24.8 Å². The van der Waals surface area contributed by atoms with Crippen molar-refractivity contribution in [2.24, 2.45) is 0 Å². The zero-order chi connectivity index (χ0) is 15.3. The molecule has 3 fully saturated rings. The van der Waals surface area contributed by atoms with Crippen LogP contribution in [0.4, 0.5) is 0 Å². The fraction of sp³-hybridized carbons (Fsp3) is 0.938. The number of halogens is 2. The van der Waals surface area contributed by atoms with Gasteiger partial charge in [-0.05, 0) is 12.8 Å². The van der Waals surface area contributed by atoms with Gasteiger partial charge in [0.2, 0.25) is 5.91 Å². The fourth-order valence-electron chi connectivity index (χ4n) is 3.99. The first-order valence-corrected chi connectivity index (χ1v) is 9.85. The van der Waals surface area contributed by atoms with Crippen molar-refractivity contribution < 1.29 is 9.53 Å². The summed E-state index contributed by atoms with van der Waals surface area (Å²) in [6.45, 7) is 5.45. The summed E-state index contributed by atoms with van der Waals surface area (Å²) in [5, 5.41) is 6.58. The van der Waals surface area contributed by atoms with Crippen LogP contribution in [0.3, 0.4) is 0 Å².